The Hall–Kier alpha value is -0.500. The van der Waals surface area contributed by atoms with Gasteiger partial charge in [0.25, 0.3) is 0 Å². The average Bonchev–Trinajstić information content (AvgIpc) is 2.67. The molecule has 1 nitrogen and oxygen atoms in total. The molecule has 0 saturated carbocycles. The molecule has 2 rings (SSSR count). The summed E-state index contributed by atoms with van der Waals surface area (Å²) in [5.41, 5.74) is 2.71. The largest absolute Gasteiger partial charge is 0.490 e. The number of alkyl halides is 1. The molecule has 0 fully saturated rings. The lowest BCUT2D eigenvalue weighted by molar-refractivity contribution is 0.216. The Balaban J connectivity index is 1.81. The highest BCUT2D eigenvalue weighted by Crippen LogP contribution is 2.32. The third kappa shape index (κ3) is 3.74. The smallest absolute Gasteiger partial charge is 0.123 e. The van der Waals surface area contributed by atoms with Gasteiger partial charge in [-0.15, -0.1) is 0 Å². The molecule has 1 aliphatic heterocycles. The third-order valence-corrected chi connectivity index (χ3v) is 4.32. The van der Waals surface area contributed by atoms with Crippen molar-refractivity contribution in [3.63, 3.8) is 0 Å². The van der Waals surface area contributed by atoms with Gasteiger partial charge in [0, 0.05) is 11.2 Å². The monoisotopic (exact) mass is 310 g/mol. The van der Waals surface area contributed by atoms with Crippen molar-refractivity contribution in [3.05, 3.63) is 29.3 Å². The Morgan fingerprint density at radius 1 is 1.39 bits per heavy atom. The molecule has 1 aromatic carbocycles. The fourth-order valence-corrected chi connectivity index (χ4v) is 3.62. The number of aryl methyl sites for hydroxylation is 1. The molecule has 0 N–H and O–H groups in total. The van der Waals surface area contributed by atoms with Crippen LogP contribution in [0.4, 0.5) is 0 Å². The Morgan fingerprint density at radius 2 is 2.17 bits per heavy atom. The topological polar surface area (TPSA) is 9.23 Å². The Labute approximate surface area is 119 Å². The van der Waals surface area contributed by atoms with E-state index in [1.165, 1.54) is 24.0 Å². The maximum Gasteiger partial charge on any atom is 0.123 e. The van der Waals surface area contributed by atoms with Crippen LogP contribution >= 0.6 is 15.9 Å². The number of ether oxygens (including phenoxy) is 1. The first-order chi connectivity index (χ1) is 8.54. The second kappa shape index (κ2) is 6.10. The van der Waals surface area contributed by atoms with Gasteiger partial charge in [0.2, 0.25) is 0 Å². The summed E-state index contributed by atoms with van der Waals surface area (Å²) in [5, 5.41) is 0. The number of fused-ring (bicyclic) bond motifs is 1. The van der Waals surface area contributed by atoms with Crippen LogP contribution in [0.1, 0.15) is 44.2 Å². The van der Waals surface area contributed by atoms with Gasteiger partial charge >= 0.3 is 0 Å². The number of rotatable bonds is 5. The van der Waals surface area contributed by atoms with Gasteiger partial charge in [-0.25, -0.2) is 0 Å². The summed E-state index contributed by atoms with van der Waals surface area (Å²) in [4.78, 5) is 0.631. The lowest BCUT2D eigenvalue weighted by atomic mass is 10.0. The van der Waals surface area contributed by atoms with Gasteiger partial charge < -0.3 is 4.74 Å². The van der Waals surface area contributed by atoms with Crippen molar-refractivity contribution in [1.82, 2.24) is 0 Å². The molecule has 2 heteroatoms. The van der Waals surface area contributed by atoms with E-state index in [2.05, 4.69) is 54.9 Å². The molecule has 18 heavy (non-hydrogen) atoms. The molecular formula is C16H23BrO. The fourth-order valence-electron chi connectivity index (χ4n) is 2.61. The number of halogens is 1. The molecule has 100 valence electrons. The van der Waals surface area contributed by atoms with Gasteiger partial charge in [-0.3, -0.25) is 0 Å². The summed E-state index contributed by atoms with van der Waals surface area (Å²) in [6, 6.07) is 6.51. The minimum Gasteiger partial charge on any atom is -0.490 e. The first-order valence-electron chi connectivity index (χ1n) is 6.95. The first kappa shape index (κ1) is 13.9. The summed E-state index contributed by atoms with van der Waals surface area (Å²) in [6.07, 6.45) is 5.07. The SMILES string of the molecule is Cc1ccc2c(c1)CC(CCC(Br)CC(C)C)O2. The van der Waals surface area contributed by atoms with E-state index in [-0.39, 0.29) is 0 Å². The van der Waals surface area contributed by atoms with Gasteiger partial charge in [-0.05, 0) is 43.7 Å². The zero-order valence-electron chi connectivity index (χ0n) is 11.6. The van der Waals surface area contributed by atoms with Crippen LogP contribution in [0.2, 0.25) is 0 Å². The van der Waals surface area contributed by atoms with E-state index >= 15 is 0 Å². The van der Waals surface area contributed by atoms with Crippen LogP contribution in [0.3, 0.4) is 0 Å². The fraction of sp³-hybridized carbons (Fsp3) is 0.625. The molecule has 2 atom stereocenters. The van der Waals surface area contributed by atoms with Crippen LogP contribution < -0.4 is 4.74 Å². The molecule has 0 amide bonds. The highest BCUT2D eigenvalue weighted by Gasteiger charge is 2.23. The quantitative estimate of drug-likeness (QED) is 0.704. The van der Waals surface area contributed by atoms with Crippen molar-refractivity contribution in [3.8, 4) is 5.75 Å². The number of benzene rings is 1. The summed E-state index contributed by atoms with van der Waals surface area (Å²) >= 11 is 3.78. The minimum absolute atomic E-state index is 0.383. The van der Waals surface area contributed by atoms with Crippen LogP contribution in [0.15, 0.2) is 18.2 Å². The van der Waals surface area contributed by atoms with Crippen LogP contribution in [-0.4, -0.2) is 10.9 Å². The minimum atomic E-state index is 0.383. The normalized spacial score (nSPS) is 19.7. The average molecular weight is 311 g/mol. The highest BCUT2D eigenvalue weighted by atomic mass is 79.9. The predicted octanol–water partition coefficient (Wildman–Crippen LogP) is 4.89. The molecule has 2 unspecified atom stereocenters. The van der Waals surface area contributed by atoms with E-state index in [1.807, 2.05) is 0 Å². The maximum absolute atomic E-state index is 6.00. The van der Waals surface area contributed by atoms with Crippen LogP contribution in [0.25, 0.3) is 0 Å². The number of hydrogen-bond acceptors (Lipinski definition) is 1. The van der Waals surface area contributed by atoms with Crippen LogP contribution in [-0.2, 0) is 6.42 Å². The molecule has 0 radical (unpaired) electrons. The zero-order valence-corrected chi connectivity index (χ0v) is 13.2. The van der Waals surface area contributed by atoms with Crippen molar-refractivity contribution >= 4 is 15.9 Å². The lowest BCUT2D eigenvalue weighted by Crippen LogP contribution is -2.15. The van der Waals surface area contributed by atoms with Gasteiger partial charge in [-0.2, -0.15) is 0 Å². The lowest BCUT2D eigenvalue weighted by Gasteiger charge is -2.15. The van der Waals surface area contributed by atoms with Gasteiger partial charge in [0.15, 0.2) is 0 Å². The molecule has 1 aliphatic rings. The first-order valence-corrected chi connectivity index (χ1v) is 7.86. The van der Waals surface area contributed by atoms with Crippen molar-refractivity contribution in [1.29, 1.82) is 0 Å². The molecule has 0 aromatic heterocycles. The molecule has 0 spiro atoms. The molecule has 0 saturated heterocycles. The molecule has 1 aromatic rings. The Morgan fingerprint density at radius 3 is 2.89 bits per heavy atom. The van der Waals surface area contributed by atoms with Crippen molar-refractivity contribution in [2.75, 3.05) is 0 Å². The Bertz CT molecular complexity index is 400. The second-order valence-electron chi connectivity index (χ2n) is 5.86. The maximum atomic E-state index is 6.00. The predicted molar refractivity (Wildman–Crippen MR) is 80.7 cm³/mol. The molecule has 0 bridgehead atoms. The summed E-state index contributed by atoms with van der Waals surface area (Å²) in [7, 11) is 0. The third-order valence-electron chi connectivity index (χ3n) is 3.49. The zero-order chi connectivity index (χ0) is 13.1. The van der Waals surface area contributed by atoms with E-state index in [0.717, 1.165) is 24.5 Å². The molecular weight excluding hydrogens is 288 g/mol. The van der Waals surface area contributed by atoms with E-state index in [9.17, 15) is 0 Å². The van der Waals surface area contributed by atoms with Crippen LogP contribution in [0.5, 0.6) is 5.75 Å². The number of hydrogen-bond donors (Lipinski definition) is 0. The summed E-state index contributed by atoms with van der Waals surface area (Å²) in [6.45, 7) is 6.70. The van der Waals surface area contributed by atoms with Gasteiger partial charge in [0.1, 0.15) is 11.9 Å². The van der Waals surface area contributed by atoms with Crippen molar-refractivity contribution in [2.45, 2.75) is 57.4 Å². The second-order valence-corrected chi connectivity index (χ2v) is 7.15. The van der Waals surface area contributed by atoms with Gasteiger partial charge in [-0.1, -0.05) is 47.5 Å². The highest BCUT2D eigenvalue weighted by molar-refractivity contribution is 9.09. The standard InChI is InChI=1S/C16H23BrO/c1-11(2)8-14(17)5-6-15-10-13-9-12(3)4-7-16(13)18-15/h4,7,9,11,14-15H,5-6,8,10H2,1-3H3. The van der Waals surface area contributed by atoms with Crippen molar-refractivity contribution < 1.29 is 4.74 Å². The molecule has 0 aliphatic carbocycles. The van der Waals surface area contributed by atoms with Gasteiger partial charge in [0.05, 0.1) is 0 Å². The van der Waals surface area contributed by atoms with Crippen molar-refractivity contribution in [2.24, 2.45) is 5.92 Å². The van der Waals surface area contributed by atoms with E-state index in [0.29, 0.717) is 10.9 Å². The summed E-state index contributed by atoms with van der Waals surface area (Å²) < 4.78 is 6.00. The van der Waals surface area contributed by atoms with Crippen LogP contribution in [0, 0.1) is 12.8 Å². The Kier molecular flexibility index (Phi) is 4.71. The van der Waals surface area contributed by atoms with E-state index in [1.54, 1.807) is 0 Å². The van der Waals surface area contributed by atoms with E-state index < -0.39 is 0 Å². The molecule has 1 heterocycles. The van der Waals surface area contributed by atoms with E-state index in [4.69, 9.17) is 4.74 Å². The summed E-state index contributed by atoms with van der Waals surface area (Å²) in [5.74, 6) is 1.86.